The van der Waals surface area contributed by atoms with Gasteiger partial charge in [-0.3, -0.25) is 14.3 Å². The lowest BCUT2D eigenvalue weighted by Gasteiger charge is -2.11. The van der Waals surface area contributed by atoms with E-state index in [1.807, 2.05) is 36.7 Å². The monoisotopic (exact) mass is 301 g/mol. The molecule has 1 aromatic heterocycles. The highest BCUT2D eigenvalue weighted by Gasteiger charge is 2.17. The van der Waals surface area contributed by atoms with Crippen LogP contribution in [0.3, 0.4) is 0 Å². The van der Waals surface area contributed by atoms with Crippen molar-refractivity contribution in [1.82, 2.24) is 15.3 Å². The van der Waals surface area contributed by atoms with E-state index in [2.05, 4.69) is 29.6 Å². The van der Waals surface area contributed by atoms with Crippen LogP contribution < -0.4 is 5.48 Å². The third kappa shape index (κ3) is 4.18. The minimum atomic E-state index is -0.239. The van der Waals surface area contributed by atoms with Crippen molar-refractivity contribution in [1.29, 1.82) is 0 Å². The maximum atomic E-state index is 12.2. The third-order valence-corrected chi connectivity index (χ3v) is 3.24. The van der Waals surface area contributed by atoms with Gasteiger partial charge in [0.15, 0.2) is 0 Å². The van der Waals surface area contributed by atoms with Gasteiger partial charge in [0.05, 0.1) is 30.1 Å². The number of carbonyl (C=O) groups excluding carboxylic acids is 1. The molecule has 22 heavy (non-hydrogen) atoms. The molecule has 1 N–H and O–H groups in total. The Morgan fingerprint density at radius 2 is 2.05 bits per heavy atom. The first-order valence-electron chi connectivity index (χ1n) is 7.66. The molecule has 0 atom stereocenters. The van der Waals surface area contributed by atoms with Crippen LogP contribution in [0, 0.1) is 0 Å². The normalized spacial score (nSPS) is 10.9. The van der Waals surface area contributed by atoms with Crippen molar-refractivity contribution in [2.24, 2.45) is 0 Å². The Hall–Kier alpha value is -2.14. The fourth-order valence-corrected chi connectivity index (χ4v) is 2.22. The summed E-state index contributed by atoms with van der Waals surface area (Å²) in [4.78, 5) is 17.4. The lowest BCUT2D eigenvalue weighted by atomic mass is 10.1. The Morgan fingerprint density at radius 3 is 2.68 bits per heavy atom. The van der Waals surface area contributed by atoms with Gasteiger partial charge in [-0.1, -0.05) is 43.7 Å². The summed E-state index contributed by atoms with van der Waals surface area (Å²) in [7, 11) is 0. The van der Waals surface area contributed by atoms with E-state index < -0.39 is 0 Å². The Morgan fingerprint density at radius 1 is 1.32 bits per heavy atom. The van der Waals surface area contributed by atoms with Crippen molar-refractivity contribution in [2.75, 3.05) is 0 Å². The predicted molar refractivity (Wildman–Crippen MR) is 85.5 cm³/mol. The molecule has 0 unspecified atom stereocenters. The summed E-state index contributed by atoms with van der Waals surface area (Å²) < 4.78 is 1.89. The lowest BCUT2D eigenvalue weighted by molar-refractivity contribution is 0.000116. The van der Waals surface area contributed by atoms with Gasteiger partial charge in [-0.15, -0.1) is 0 Å². The second-order valence-electron chi connectivity index (χ2n) is 5.50. The highest BCUT2D eigenvalue weighted by atomic mass is 16.7. The molecule has 0 bridgehead atoms. The molecule has 0 aliphatic heterocycles. The number of aromatic nitrogens is 2. The molecule has 118 valence electrons. The van der Waals surface area contributed by atoms with Gasteiger partial charge in [-0.05, 0) is 25.8 Å². The van der Waals surface area contributed by atoms with Crippen LogP contribution in [0.4, 0.5) is 0 Å². The van der Waals surface area contributed by atoms with Crippen LogP contribution in [0.5, 0.6) is 0 Å². The molecule has 1 heterocycles. The van der Waals surface area contributed by atoms with Gasteiger partial charge < -0.3 is 0 Å². The van der Waals surface area contributed by atoms with Crippen molar-refractivity contribution >= 4 is 5.91 Å². The largest absolute Gasteiger partial charge is 0.278 e. The summed E-state index contributed by atoms with van der Waals surface area (Å²) >= 11 is 0. The zero-order valence-electron chi connectivity index (χ0n) is 13.4. The SMILES string of the molecule is CCCc1c(C(=O)NOC(C)C)cnn1Cc1ccccc1. The van der Waals surface area contributed by atoms with Gasteiger partial charge in [0.1, 0.15) is 0 Å². The number of nitrogens with one attached hydrogen (secondary N) is 1. The lowest BCUT2D eigenvalue weighted by Crippen LogP contribution is -2.27. The number of rotatable bonds is 7. The first-order valence-corrected chi connectivity index (χ1v) is 7.66. The van der Waals surface area contributed by atoms with Gasteiger partial charge in [-0.25, -0.2) is 5.48 Å². The van der Waals surface area contributed by atoms with Crippen LogP contribution in [0.2, 0.25) is 0 Å². The van der Waals surface area contributed by atoms with Crippen LogP contribution in [0.15, 0.2) is 36.5 Å². The molecule has 1 aromatic carbocycles. The Labute approximate surface area is 131 Å². The van der Waals surface area contributed by atoms with E-state index in [0.717, 1.165) is 24.1 Å². The summed E-state index contributed by atoms with van der Waals surface area (Å²) in [5, 5.41) is 4.38. The topological polar surface area (TPSA) is 56.1 Å². The second kappa shape index (κ2) is 7.75. The Kier molecular flexibility index (Phi) is 5.72. The standard InChI is InChI=1S/C17H23N3O2/c1-4-8-16-15(17(21)19-22-13(2)3)11-18-20(16)12-14-9-6-5-7-10-14/h5-7,9-11,13H,4,8,12H2,1-3H3,(H,19,21). The summed E-state index contributed by atoms with van der Waals surface area (Å²) in [5.41, 5.74) is 5.17. The van der Waals surface area contributed by atoms with E-state index in [4.69, 9.17) is 4.84 Å². The molecule has 0 spiro atoms. The highest BCUT2D eigenvalue weighted by molar-refractivity contribution is 5.94. The molecule has 0 aliphatic carbocycles. The quantitative estimate of drug-likeness (QED) is 0.800. The molecule has 5 nitrogen and oxygen atoms in total. The number of hydrogen-bond acceptors (Lipinski definition) is 3. The number of benzene rings is 1. The van der Waals surface area contributed by atoms with E-state index in [9.17, 15) is 4.79 Å². The predicted octanol–water partition coefficient (Wildman–Crippen LogP) is 2.95. The van der Waals surface area contributed by atoms with Crippen LogP contribution in [-0.2, 0) is 17.8 Å². The first-order chi connectivity index (χ1) is 10.6. The third-order valence-electron chi connectivity index (χ3n) is 3.24. The van der Waals surface area contributed by atoms with Crippen molar-refractivity contribution in [2.45, 2.75) is 46.3 Å². The van der Waals surface area contributed by atoms with Gasteiger partial charge >= 0.3 is 0 Å². The average Bonchev–Trinajstić information content (AvgIpc) is 2.89. The van der Waals surface area contributed by atoms with Crippen molar-refractivity contribution in [3.05, 3.63) is 53.3 Å². The fraction of sp³-hybridized carbons (Fsp3) is 0.412. The molecule has 0 fully saturated rings. The van der Waals surface area contributed by atoms with Gasteiger partial charge in [0.2, 0.25) is 0 Å². The molecule has 2 rings (SSSR count). The van der Waals surface area contributed by atoms with Crippen molar-refractivity contribution in [3.8, 4) is 0 Å². The van der Waals surface area contributed by atoms with Crippen LogP contribution in [-0.4, -0.2) is 21.8 Å². The smallest absolute Gasteiger partial charge is 0.271 e. The average molecular weight is 301 g/mol. The summed E-state index contributed by atoms with van der Waals surface area (Å²) in [6.45, 7) is 6.48. The minimum absolute atomic E-state index is 0.0575. The molecule has 0 aliphatic rings. The highest BCUT2D eigenvalue weighted by Crippen LogP contribution is 2.14. The van der Waals surface area contributed by atoms with Crippen molar-refractivity contribution in [3.63, 3.8) is 0 Å². The Bertz CT molecular complexity index is 606. The van der Waals surface area contributed by atoms with E-state index >= 15 is 0 Å². The number of carbonyl (C=O) groups is 1. The maximum absolute atomic E-state index is 12.2. The molecule has 2 aromatic rings. The van der Waals surface area contributed by atoms with E-state index in [1.54, 1.807) is 6.20 Å². The first kappa shape index (κ1) is 16.2. The number of hydrogen-bond donors (Lipinski definition) is 1. The fourth-order valence-electron chi connectivity index (χ4n) is 2.22. The minimum Gasteiger partial charge on any atom is -0.271 e. The summed E-state index contributed by atoms with van der Waals surface area (Å²) in [6, 6.07) is 10.1. The molecule has 0 radical (unpaired) electrons. The molecular weight excluding hydrogens is 278 g/mol. The summed E-state index contributed by atoms with van der Waals surface area (Å²) in [5.74, 6) is -0.239. The summed E-state index contributed by atoms with van der Waals surface area (Å²) in [6.07, 6.45) is 3.31. The van der Waals surface area contributed by atoms with Crippen molar-refractivity contribution < 1.29 is 9.63 Å². The zero-order valence-corrected chi connectivity index (χ0v) is 13.4. The zero-order chi connectivity index (χ0) is 15.9. The van der Waals surface area contributed by atoms with E-state index in [-0.39, 0.29) is 12.0 Å². The Balaban J connectivity index is 2.19. The molecule has 0 saturated carbocycles. The maximum Gasteiger partial charge on any atom is 0.278 e. The van der Waals surface area contributed by atoms with Gasteiger partial charge in [-0.2, -0.15) is 5.10 Å². The number of nitrogens with zero attached hydrogens (tertiary/aromatic N) is 2. The number of amides is 1. The number of hydroxylamine groups is 1. The van der Waals surface area contributed by atoms with E-state index in [0.29, 0.717) is 12.1 Å². The van der Waals surface area contributed by atoms with Gasteiger partial charge in [0.25, 0.3) is 5.91 Å². The molecule has 0 saturated heterocycles. The van der Waals surface area contributed by atoms with Crippen LogP contribution >= 0.6 is 0 Å². The van der Waals surface area contributed by atoms with Crippen LogP contribution in [0.1, 0.15) is 48.8 Å². The molecule has 1 amide bonds. The van der Waals surface area contributed by atoms with Gasteiger partial charge in [0, 0.05) is 0 Å². The second-order valence-corrected chi connectivity index (χ2v) is 5.50. The van der Waals surface area contributed by atoms with Crippen LogP contribution in [0.25, 0.3) is 0 Å². The molecule has 5 heteroatoms. The molecular formula is C17H23N3O2. The van der Waals surface area contributed by atoms with E-state index in [1.165, 1.54) is 0 Å².